The number of likely N-dealkylation sites (tertiary alicyclic amines) is 1. The molecule has 0 unspecified atom stereocenters. The van der Waals surface area contributed by atoms with Gasteiger partial charge in [0.1, 0.15) is 17.1 Å². The number of carbonyl (C=O) groups excluding carboxylic acids is 1. The van der Waals surface area contributed by atoms with Crippen molar-refractivity contribution >= 4 is 11.9 Å². The van der Waals surface area contributed by atoms with Crippen LogP contribution in [0.5, 0.6) is 5.75 Å². The molecule has 4 heterocycles. The number of ether oxygens (including phenoxy) is 1. The van der Waals surface area contributed by atoms with Crippen LogP contribution in [0.15, 0.2) is 42.9 Å². The smallest absolute Gasteiger partial charge is 0.433 e. The van der Waals surface area contributed by atoms with E-state index in [0.717, 1.165) is 18.7 Å². The standard InChI is InChI=1S/C21H20F3N7O2/c1-33-14-2-3-15(16(10-14)31-26-7-8-27-31)19(32)30-11-13-5-9-29(12-17(13)30)20-25-6-4-18(28-20)21(22,23)24/h2-4,6-8,10,13,17H,5,9,11-12H2,1H3/t13-,17-/m1/s1. The summed E-state index contributed by atoms with van der Waals surface area (Å²) < 4.78 is 44.5. The van der Waals surface area contributed by atoms with E-state index in [9.17, 15) is 18.0 Å². The fraction of sp³-hybridized carbons (Fsp3) is 0.381. The summed E-state index contributed by atoms with van der Waals surface area (Å²) in [7, 11) is 1.53. The average molecular weight is 459 g/mol. The van der Waals surface area contributed by atoms with Gasteiger partial charge in [-0.1, -0.05) is 0 Å². The van der Waals surface area contributed by atoms with Gasteiger partial charge >= 0.3 is 6.18 Å². The molecule has 2 aliphatic heterocycles. The summed E-state index contributed by atoms with van der Waals surface area (Å²) in [6.45, 7) is 1.48. The van der Waals surface area contributed by atoms with Crippen molar-refractivity contribution in [3.05, 3.63) is 54.1 Å². The Kier molecular flexibility index (Phi) is 5.14. The molecule has 9 nitrogen and oxygen atoms in total. The third kappa shape index (κ3) is 3.85. The van der Waals surface area contributed by atoms with Crippen molar-refractivity contribution in [2.45, 2.75) is 18.6 Å². The van der Waals surface area contributed by atoms with Crippen molar-refractivity contribution in [3.63, 3.8) is 0 Å². The number of aromatic nitrogens is 5. The van der Waals surface area contributed by atoms with Crippen molar-refractivity contribution in [2.24, 2.45) is 5.92 Å². The van der Waals surface area contributed by atoms with E-state index in [2.05, 4.69) is 20.2 Å². The molecular formula is C21H20F3N7O2. The molecule has 0 aliphatic carbocycles. The topological polar surface area (TPSA) is 89.3 Å². The molecule has 0 radical (unpaired) electrons. The maximum absolute atomic E-state index is 13.4. The van der Waals surface area contributed by atoms with Crippen LogP contribution in [-0.2, 0) is 6.18 Å². The summed E-state index contributed by atoms with van der Waals surface area (Å²) in [5.41, 5.74) is -0.0784. The Hall–Kier alpha value is -3.70. The number of hydrogen-bond donors (Lipinski definition) is 0. The molecule has 0 saturated carbocycles. The number of alkyl halides is 3. The van der Waals surface area contributed by atoms with Crippen molar-refractivity contribution in [3.8, 4) is 11.4 Å². The molecule has 33 heavy (non-hydrogen) atoms. The second-order valence-electron chi connectivity index (χ2n) is 7.96. The molecule has 0 bridgehead atoms. The van der Waals surface area contributed by atoms with Crippen molar-refractivity contribution < 1.29 is 22.7 Å². The maximum Gasteiger partial charge on any atom is 0.433 e. The molecule has 0 N–H and O–H groups in total. The second-order valence-corrected chi connectivity index (χ2v) is 7.96. The number of carbonyl (C=O) groups is 1. The lowest BCUT2D eigenvalue weighted by molar-refractivity contribution is -0.141. The molecule has 172 valence electrons. The largest absolute Gasteiger partial charge is 0.497 e. The Morgan fingerprint density at radius 3 is 2.64 bits per heavy atom. The number of benzene rings is 1. The Morgan fingerprint density at radius 2 is 1.91 bits per heavy atom. The van der Waals surface area contributed by atoms with Crippen LogP contribution >= 0.6 is 0 Å². The van der Waals surface area contributed by atoms with Crippen LogP contribution in [0.3, 0.4) is 0 Å². The second kappa shape index (κ2) is 8.01. The van der Waals surface area contributed by atoms with E-state index < -0.39 is 11.9 Å². The highest BCUT2D eigenvalue weighted by Gasteiger charge is 2.46. The average Bonchev–Trinajstić information content (AvgIpc) is 3.34. The first-order valence-corrected chi connectivity index (χ1v) is 10.4. The van der Waals surface area contributed by atoms with Crippen LogP contribution < -0.4 is 9.64 Å². The summed E-state index contributed by atoms with van der Waals surface area (Å²) in [6.07, 6.45) is 0.342. The van der Waals surface area contributed by atoms with Crippen LogP contribution in [0.25, 0.3) is 5.69 Å². The first kappa shape index (κ1) is 21.2. The Labute approximate surface area is 186 Å². The minimum atomic E-state index is -4.54. The Balaban J connectivity index is 1.38. The molecule has 2 saturated heterocycles. The summed E-state index contributed by atoms with van der Waals surface area (Å²) in [5.74, 6) is 0.665. The lowest BCUT2D eigenvalue weighted by Gasteiger charge is -2.53. The van der Waals surface area contributed by atoms with Gasteiger partial charge in [0.05, 0.1) is 31.1 Å². The van der Waals surface area contributed by atoms with E-state index in [0.29, 0.717) is 36.6 Å². The van der Waals surface area contributed by atoms with Gasteiger partial charge in [0, 0.05) is 37.8 Å². The van der Waals surface area contributed by atoms with Crippen molar-refractivity contribution in [1.82, 2.24) is 29.9 Å². The number of amides is 1. The summed E-state index contributed by atoms with van der Waals surface area (Å²) in [6, 6.07) is 5.76. The molecule has 1 amide bonds. The van der Waals surface area contributed by atoms with Gasteiger partial charge in [-0.15, -0.1) is 0 Å². The van der Waals surface area contributed by atoms with E-state index >= 15 is 0 Å². The van der Waals surface area contributed by atoms with Crippen LogP contribution in [0.4, 0.5) is 19.1 Å². The molecule has 2 fully saturated rings. The van der Waals surface area contributed by atoms with Gasteiger partial charge in [-0.25, -0.2) is 9.97 Å². The fourth-order valence-corrected chi connectivity index (χ4v) is 4.35. The molecule has 0 spiro atoms. The number of nitrogens with zero attached hydrogens (tertiary/aromatic N) is 7. The zero-order valence-corrected chi connectivity index (χ0v) is 17.6. The summed E-state index contributed by atoms with van der Waals surface area (Å²) in [5, 5.41) is 8.26. The molecule has 3 aromatic rings. The first-order valence-electron chi connectivity index (χ1n) is 10.4. The molecule has 2 atom stereocenters. The lowest BCUT2D eigenvalue weighted by Crippen LogP contribution is -2.66. The number of hydrogen-bond acceptors (Lipinski definition) is 7. The third-order valence-corrected chi connectivity index (χ3v) is 6.10. The minimum Gasteiger partial charge on any atom is -0.497 e. The van der Waals surface area contributed by atoms with E-state index in [4.69, 9.17) is 4.74 Å². The normalized spacial score (nSPS) is 20.2. The molecule has 1 aromatic carbocycles. The SMILES string of the molecule is COc1ccc(C(=O)N2C[C@H]3CCN(c4nccc(C(F)(F)F)n4)C[C@H]32)c(-n2nccn2)c1. The van der Waals surface area contributed by atoms with Gasteiger partial charge in [-0.2, -0.15) is 28.2 Å². The molecule has 2 aliphatic rings. The maximum atomic E-state index is 13.4. The van der Waals surface area contributed by atoms with Crippen LogP contribution in [-0.4, -0.2) is 68.6 Å². The van der Waals surface area contributed by atoms with Crippen molar-refractivity contribution in [2.75, 3.05) is 31.6 Å². The van der Waals surface area contributed by atoms with Gasteiger partial charge in [0.15, 0.2) is 0 Å². The molecular weight excluding hydrogens is 439 g/mol. The molecule has 12 heteroatoms. The highest BCUT2D eigenvalue weighted by atomic mass is 19.4. The number of rotatable bonds is 4. The highest BCUT2D eigenvalue weighted by Crippen LogP contribution is 2.36. The monoisotopic (exact) mass is 459 g/mol. The highest BCUT2D eigenvalue weighted by molar-refractivity contribution is 5.98. The minimum absolute atomic E-state index is 0.0217. The number of methoxy groups -OCH3 is 1. The Bertz CT molecular complexity index is 1170. The predicted molar refractivity (Wildman–Crippen MR) is 110 cm³/mol. The fourth-order valence-electron chi connectivity index (χ4n) is 4.35. The van der Waals surface area contributed by atoms with Crippen LogP contribution in [0.2, 0.25) is 0 Å². The van der Waals surface area contributed by atoms with Gasteiger partial charge in [-0.3, -0.25) is 4.79 Å². The van der Waals surface area contributed by atoms with Crippen LogP contribution in [0, 0.1) is 5.92 Å². The lowest BCUT2D eigenvalue weighted by atomic mass is 9.81. The number of fused-ring (bicyclic) bond motifs is 1. The summed E-state index contributed by atoms with van der Waals surface area (Å²) in [4.78, 5) is 26.0. The molecule has 2 aromatic heterocycles. The van der Waals surface area contributed by atoms with Gasteiger partial charge < -0.3 is 14.5 Å². The number of halogens is 3. The summed E-state index contributed by atoms with van der Waals surface area (Å²) >= 11 is 0. The van der Waals surface area contributed by atoms with Gasteiger partial charge in [0.25, 0.3) is 5.91 Å². The van der Waals surface area contributed by atoms with E-state index in [1.54, 1.807) is 28.0 Å². The quantitative estimate of drug-likeness (QED) is 0.592. The van der Waals surface area contributed by atoms with E-state index in [-0.39, 0.29) is 23.8 Å². The van der Waals surface area contributed by atoms with Crippen molar-refractivity contribution in [1.29, 1.82) is 0 Å². The molecule has 5 rings (SSSR count). The predicted octanol–water partition coefficient (Wildman–Crippen LogP) is 2.44. The number of anilines is 1. The van der Waals surface area contributed by atoms with Crippen LogP contribution in [0.1, 0.15) is 22.5 Å². The third-order valence-electron chi connectivity index (χ3n) is 6.10. The zero-order chi connectivity index (χ0) is 23.2. The van der Waals surface area contributed by atoms with Gasteiger partial charge in [-0.05, 0) is 24.6 Å². The first-order chi connectivity index (χ1) is 15.8. The number of piperidine rings is 1. The van der Waals surface area contributed by atoms with E-state index in [1.165, 1.54) is 24.3 Å². The van der Waals surface area contributed by atoms with Gasteiger partial charge in [0.2, 0.25) is 5.95 Å². The van der Waals surface area contributed by atoms with E-state index in [1.807, 2.05) is 0 Å². The zero-order valence-electron chi connectivity index (χ0n) is 17.6. The Morgan fingerprint density at radius 1 is 1.12 bits per heavy atom.